The summed E-state index contributed by atoms with van der Waals surface area (Å²) in [6.45, 7) is 10.8. The minimum Gasteiger partial charge on any atom is -0.356 e. The van der Waals surface area contributed by atoms with Crippen LogP contribution in [0.1, 0.15) is 64.9 Å². The Labute approximate surface area is 160 Å². The Morgan fingerprint density at radius 3 is 2.50 bits per heavy atom. The number of nitrogens with zero attached hydrogens (tertiary/aromatic N) is 1. The number of benzene rings is 1. The van der Waals surface area contributed by atoms with Gasteiger partial charge in [0.05, 0.1) is 0 Å². The Morgan fingerprint density at radius 1 is 1.19 bits per heavy atom. The van der Waals surface area contributed by atoms with Gasteiger partial charge in [-0.05, 0) is 56.2 Å². The lowest BCUT2D eigenvalue weighted by Crippen LogP contribution is -2.37. The lowest BCUT2D eigenvalue weighted by Gasteiger charge is -2.32. The minimum absolute atomic E-state index is 0.192. The molecule has 26 heavy (non-hydrogen) atoms. The summed E-state index contributed by atoms with van der Waals surface area (Å²) >= 11 is 0. The third-order valence-corrected chi connectivity index (χ3v) is 6.08. The van der Waals surface area contributed by atoms with E-state index in [0.717, 1.165) is 44.7 Å². The molecule has 1 aromatic carbocycles. The highest BCUT2D eigenvalue weighted by atomic mass is 16.1. The van der Waals surface area contributed by atoms with Crippen molar-refractivity contribution in [3.63, 3.8) is 0 Å². The summed E-state index contributed by atoms with van der Waals surface area (Å²) in [7, 11) is 0. The van der Waals surface area contributed by atoms with Gasteiger partial charge in [-0.3, -0.25) is 9.69 Å². The van der Waals surface area contributed by atoms with Gasteiger partial charge in [-0.15, -0.1) is 0 Å². The van der Waals surface area contributed by atoms with Crippen molar-refractivity contribution in [2.45, 2.75) is 65.8 Å². The van der Waals surface area contributed by atoms with Crippen LogP contribution < -0.4 is 5.32 Å². The number of piperidine rings is 1. The average molecular weight is 359 g/mol. The Bertz CT molecular complexity index is 508. The second-order valence-electron chi connectivity index (χ2n) is 8.07. The van der Waals surface area contributed by atoms with Gasteiger partial charge in [0, 0.05) is 19.0 Å². The lowest BCUT2D eigenvalue weighted by molar-refractivity contribution is -0.126. The monoisotopic (exact) mass is 358 g/mol. The summed E-state index contributed by atoms with van der Waals surface area (Å²) in [5.41, 5.74) is 1.41. The van der Waals surface area contributed by atoms with Crippen molar-refractivity contribution in [1.29, 1.82) is 0 Å². The summed E-state index contributed by atoms with van der Waals surface area (Å²) in [5.74, 6) is 1.71. The van der Waals surface area contributed by atoms with Crippen molar-refractivity contribution in [2.24, 2.45) is 17.8 Å². The number of rotatable bonds is 10. The van der Waals surface area contributed by atoms with Crippen LogP contribution >= 0.6 is 0 Å². The number of likely N-dealkylation sites (tertiary alicyclic amines) is 1. The van der Waals surface area contributed by atoms with E-state index in [-0.39, 0.29) is 11.8 Å². The first-order chi connectivity index (χ1) is 12.6. The van der Waals surface area contributed by atoms with Gasteiger partial charge in [0.1, 0.15) is 0 Å². The number of nitrogens with one attached hydrogen (secondary N) is 1. The van der Waals surface area contributed by atoms with Crippen molar-refractivity contribution in [3.8, 4) is 0 Å². The summed E-state index contributed by atoms with van der Waals surface area (Å²) < 4.78 is 0. The normalized spacial score (nSPS) is 18.4. The molecule has 2 rings (SSSR count). The zero-order valence-corrected chi connectivity index (χ0v) is 17.0. The van der Waals surface area contributed by atoms with Gasteiger partial charge in [-0.25, -0.2) is 0 Å². The van der Waals surface area contributed by atoms with E-state index in [1.54, 1.807) is 0 Å². The van der Waals surface area contributed by atoms with E-state index in [4.69, 9.17) is 0 Å². The predicted molar refractivity (Wildman–Crippen MR) is 110 cm³/mol. The first-order valence-electron chi connectivity index (χ1n) is 10.7. The van der Waals surface area contributed by atoms with Crippen molar-refractivity contribution in [2.75, 3.05) is 19.6 Å². The molecule has 0 aromatic heterocycles. The van der Waals surface area contributed by atoms with Crippen molar-refractivity contribution in [1.82, 2.24) is 10.2 Å². The van der Waals surface area contributed by atoms with Crippen molar-refractivity contribution < 1.29 is 4.79 Å². The molecule has 1 N–H and O–H groups in total. The summed E-state index contributed by atoms with van der Waals surface area (Å²) in [6.07, 6.45) is 6.82. The molecule has 0 bridgehead atoms. The molecule has 2 atom stereocenters. The fraction of sp³-hybridized carbons (Fsp3) is 0.696. The molecule has 2 unspecified atom stereocenters. The van der Waals surface area contributed by atoms with Crippen LogP contribution in [-0.2, 0) is 11.3 Å². The van der Waals surface area contributed by atoms with E-state index < -0.39 is 0 Å². The first kappa shape index (κ1) is 21.0. The van der Waals surface area contributed by atoms with E-state index in [0.29, 0.717) is 5.92 Å². The van der Waals surface area contributed by atoms with Gasteiger partial charge in [0.25, 0.3) is 0 Å². The summed E-state index contributed by atoms with van der Waals surface area (Å²) in [4.78, 5) is 15.1. The van der Waals surface area contributed by atoms with Gasteiger partial charge in [0.15, 0.2) is 0 Å². The van der Waals surface area contributed by atoms with Crippen LogP contribution in [-0.4, -0.2) is 30.4 Å². The molecule has 1 aliphatic rings. The zero-order valence-electron chi connectivity index (χ0n) is 17.0. The Balaban J connectivity index is 1.65. The second kappa shape index (κ2) is 11.4. The van der Waals surface area contributed by atoms with Crippen LogP contribution in [0.25, 0.3) is 0 Å². The third-order valence-electron chi connectivity index (χ3n) is 6.08. The Hall–Kier alpha value is -1.35. The molecule has 1 aliphatic heterocycles. The lowest BCUT2D eigenvalue weighted by atomic mass is 9.87. The highest BCUT2D eigenvalue weighted by Crippen LogP contribution is 2.23. The van der Waals surface area contributed by atoms with Crippen LogP contribution in [0.5, 0.6) is 0 Å². The van der Waals surface area contributed by atoms with Crippen LogP contribution in [0.2, 0.25) is 0 Å². The molecule has 0 spiro atoms. The third kappa shape index (κ3) is 6.75. The number of carbonyl (C=O) groups excluding carboxylic acids is 1. The van der Waals surface area contributed by atoms with Crippen molar-refractivity contribution in [3.05, 3.63) is 35.9 Å². The number of carbonyl (C=O) groups is 1. The molecule has 146 valence electrons. The highest BCUT2D eigenvalue weighted by molar-refractivity contribution is 5.78. The molecule has 1 amide bonds. The van der Waals surface area contributed by atoms with Crippen LogP contribution in [0.4, 0.5) is 0 Å². The number of hydrogen-bond donors (Lipinski definition) is 1. The molecule has 3 nitrogen and oxygen atoms in total. The zero-order chi connectivity index (χ0) is 18.8. The Kier molecular flexibility index (Phi) is 9.17. The SMILES string of the molecule is CCCC(C(=O)NCCC1CCN(Cc2ccccc2)CC1)C(C)CC. The van der Waals surface area contributed by atoms with Crippen LogP contribution in [0, 0.1) is 17.8 Å². The molecular formula is C23H38N2O. The molecule has 0 saturated carbocycles. The maximum Gasteiger partial charge on any atom is 0.223 e. The van der Waals surface area contributed by atoms with E-state index in [9.17, 15) is 4.79 Å². The van der Waals surface area contributed by atoms with Crippen LogP contribution in [0.15, 0.2) is 30.3 Å². The Morgan fingerprint density at radius 2 is 1.88 bits per heavy atom. The van der Waals surface area contributed by atoms with Gasteiger partial charge >= 0.3 is 0 Å². The van der Waals surface area contributed by atoms with E-state index in [1.807, 2.05) is 0 Å². The van der Waals surface area contributed by atoms with Gasteiger partial charge in [0.2, 0.25) is 5.91 Å². The fourth-order valence-corrected chi connectivity index (χ4v) is 4.07. The van der Waals surface area contributed by atoms with Gasteiger partial charge < -0.3 is 5.32 Å². The molecule has 1 saturated heterocycles. The van der Waals surface area contributed by atoms with Crippen molar-refractivity contribution >= 4 is 5.91 Å². The number of amides is 1. The molecule has 1 fully saturated rings. The van der Waals surface area contributed by atoms with E-state index in [2.05, 4.69) is 61.3 Å². The topological polar surface area (TPSA) is 32.3 Å². The maximum atomic E-state index is 12.5. The molecular weight excluding hydrogens is 320 g/mol. The standard InChI is InChI=1S/C23H38N2O/c1-4-9-22(19(3)5-2)23(26)24-15-12-20-13-16-25(17-14-20)18-21-10-7-6-8-11-21/h6-8,10-11,19-20,22H,4-5,9,12-18H2,1-3H3,(H,24,26). The first-order valence-corrected chi connectivity index (χ1v) is 10.7. The fourth-order valence-electron chi connectivity index (χ4n) is 4.07. The quantitative estimate of drug-likeness (QED) is 0.647. The maximum absolute atomic E-state index is 12.5. The largest absolute Gasteiger partial charge is 0.356 e. The average Bonchev–Trinajstić information content (AvgIpc) is 2.67. The van der Waals surface area contributed by atoms with Gasteiger partial charge in [-0.2, -0.15) is 0 Å². The molecule has 0 radical (unpaired) electrons. The van der Waals surface area contributed by atoms with Crippen LogP contribution in [0.3, 0.4) is 0 Å². The number of hydrogen-bond acceptors (Lipinski definition) is 2. The van der Waals surface area contributed by atoms with Gasteiger partial charge in [-0.1, -0.05) is 63.9 Å². The van der Waals surface area contributed by atoms with E-state index >= 15 is 0 Å². The minimum atomic E-state index is 0.192. The summed E-state index contributed by atoms with van der Waals surface area (Å²) in [5, 5.41) is 3.23. The molecule has 1 aromatic rings. The molecule has 3 heteroatoms. The highest BCUT2D eigenvalue weighted by Gasteiger charge is 2.23. The predicted octanol–water partition coefficient (Wildman–Crippen LogP) is 4.87. The molecule has 0 aliphatic carbocycles. The van der Waals surface area contributed by atoms with E-state index in [1.165, 1.54) is 31.5 Å². The summed E-state index contributed by atoms with van der Waals surface area (Å²) in [6, 6.07) is 10.7. The smallest absolute Gasteiger partial charge is 0.223 e. The molecule has 1 heterocycles. The second-order valence-corrected chi connectivity index (χ2v) is 8.07.